The van der Waals surface area contributed by atoms with Gasteiger partial charge in [0, 0.05) is 6.04 Å². The summed E-state index contributed by atoms with van der Waals surface area (Å²) in [4.78, 5) is 13.7. The molecule has 3 nitrogen and oxygen atoms in total. The number of carboxylic acids is 1. The molecular formula is C15H21NO2. The van der Waals surface area contributed by atoms with Crippen LogP contribution in [0.1, 0.15) is 36.5 Å². The number of benzene rings is 1. The van der Waals surface area contributed by atoms with Gasteiger partial charge in [-0.15, -0.1) is 0 Å². The van der Waals surface area contributed by atoms with E-state index in [1.807, 2.05) is 44.0 Å². The summed E-state index contributed by atoms with van der Waals surface area (Å²) in [5.41, 5.74) is 2.27. The SMILES string of the molecule is Cc1ccc(C(C)(C(=O)O)N(C)C2CC2)cc1C. The van der Waals surface area contributed by atoms with Crippen molar-refractivity contribution in [1.82, 2.24) is 4.90 Å². The van der Waals surface area contributed by atoms with Crippen LogP contribution in [-0.2, 0) is 10.3 Å². The van der Waals surface area contributed by atoms with Crippen LogP contribution >= 0.6 is 0 Å². The highest BCUT2D eigenvalue weighted by Gasteiger charge is 2.45. The van der Waals surface area contributed by atoms with Crippen LogP contribution in [0.2, 0.25) is 0 Å². The molecule has 1 atom stereocenters. The van der Waals surface area contributed by atoms with Gasteiger partial charge in [0.15, 0.2) is 0 Å². The molecule has 0 radical (unpaired) electrons. The Balaban J connectivity index is 2.45. The summed E-state index contributed by atoms with van der Waals surface area (Å²) in [6.45, 7) is 5.87. The number of hydrogen-bond donors (Lipinski definition) is 1. The van der Waals surface area contributed by atoms with Crippen LogP contribution in [0.15, 0.2) is 18.2 Å². The lowest BCUT2D eigenvalue weighted by Gasteiger charge is -2.36. The van der Waals surface area contributed by atoms with Crippen LogP contribution in [0.4, 0.5) is 0 Å². The Kier molecular flexibility index (Phi) is 3.20. The van der Waals surface area contributed by atoms with E-state index in [-0.39, 0.29) is 0 Å². The molecule has 2 rings (SSSR count). The molecule has 1 aliphatic carbocycles. The lowest BCUT2D eigenvalue weighted by Crippen LogP contribution is -2.48. The van der Waals surface area contributed by atoms with E-state index in [2.05, 4.69) is 0 Å². The van der Waals surface area contributed by atoms with E-state index in [1.54, 1.807) is 6.92 Å². The van der Waals surface area contributed by atoms with Crippen molar-refractivity contribution < 1.29 is 9.90 Å². The van der Waals surface area contributed by atoms with Crippen molar-refractivity contribution in [3.8, 4) is 0 Å². The van der Waals surface area contributed by atoms with Gasteiger partial charge in [-0.2, -0.15) is 0 Å². The van der Waals surface area contributed by atoms with Crippen molar-refractivity contribution in [2.75, 3.05) is 7.05 Å². The zero-order valence-corrected chi connectivity index (χ0v) is 11.5. The van der Waals surface area contributed by atoms with Gasteiger partial charge >= 0.3 is 5.97 Å². The van der Waals surface area contributed by atoms with E-state index < -0.39 is 11.5 Å². The fraction of sp³-hybridized carbons (Fsp3) is 0.533. The highest BCUT2D eigenvalue weighted by molar-refractivity contribution is 5.80. The molecule has 1 aromatic rings. The summed E-state index contributed by atoms with van der Waals surface area (Å²) in [5.74, 6) is -0.778. The molecule has 1 saturated carbocycles. The Morgan fingerprint density at radius 3 is 2.39 bits per heavy atom. The van der Waals surface area contributed by atoms with Crippen LogP contribution < -0.4 is 0 Å². The third kappa shape index (κ3) is 2.03. The molecule has 1 N–H and O–H groups in total. The van der Waals surface area contributed by atoms with Gasteiger partial charge < -0.3 is 5.11 Å². The fourth-order valence-electron chi connectivity index (χ4n) is 2.35. The third-order valence-electron chi connectivity index (χ3n) is 4.29. The molecule has 0 amide bonds. The minimum absolute atomic E-state index is 0.410. The lowest BCUT2D eigenvalue weighted by molar-refractivity contribution is -0.150. The second-order valence-electron chi connectivity index (χ2n) is 5.52. The zero-order valence-electron chi connectivity index (χ0n) is 11.5. The molecule has 1 aliphatic rings. The first-order valence-corrected chi connectivity index (χ1v) is 6.41. The Bertz CT molecular complexity index is 479. The molecule has 1 unspecified atom stereocenters. The van der Waals surface area contributed by atoms with Gasteiger partial charge in [-0.1, -0.05) is 18.2 Å². The molecule has 0 spiro atoms. The van der Waals surface area contributed by atoms with Crippen LogP contribution in [0.25, 0.3) is 0 Å². The van der Waals surface area contributed by atoms with Gasteiger partial charge in [0.1, 0.15) is 5.54 Å². The van der Waals surface area contributed by atoms with Crippen LogP contribution in [0.3, 0.4) is 0 Å². The zero-order chi connectivity index (χ0) is 13.5. The highest BCUT2D eigenvalue weighted by Crippen LogP contribution is 2.37. The summed E-state index contributed by atoms with van der Waals surface area (Å²) in [5, 5.41) is 9.65. The van der Waals surface area contributed by atoms with E-state index in [0.29, 0.717) is 6.04 Å². The van der Waals surface area contributed by atoms with Crippen molar-refractivity contribution in [2.24, 2.45) is 0 Å². The van der Waals surface area contributed by atoms with Crippen molar-refractivity contribution in [3.05, 3.63) is 34.9 Å². The first kappa shape index (κ1) is 13.1. The number of carboxylic acid groups (broad SMARTS) is 1. The number of carbonyl (C=O) groups is 1. The number of aryl methyl sites for hydroxylation is 2. The predicted octanol–water partition coefficient (Wildman–Crippen LogP) is 2.70. The molecule has 18 heavy (non-hydrogen) atoms. The van der Waals surface area contributed by atoms with Crippen molar-refractivity contribution >= 4 is 5.97 Å². The predicted molar refractivity (Wildman–Crippen MR) is 71.7 cm³/mol. The van der Waals surface area contributed by atoms with E-state index in [1.165, 1.54) is 5.56 Å². The molecular weight excluding hydrogens is 226 g/mol. The maximum atomic E-state index is 11.7. The summed E-state index contributed by atoms with van der Waals surface area (Å²) in [6, 6.07) is 6.36. The highest BCUT2D eigenvalue weighted by atomic mass is 16.4. The summed E-state index contributed by atoms with van der Waals surface area (Å²) < 4.78 is 0. The van der Waals surface area contributed by atoms with E-state index >= 15 is 0 Å². The second-order valence-corrected chi connectivity index (χ2v) is 5.52. The van der Waals surface area contributed by atoms with Gasteiger partial charge in [0.2, 0.25) is 0 Å². The molecule has 0 aromatic heterocycles. The second kappa shape index (κ2) is 4.39. The van der Waals surface area contributed by atoms with Crippen LogP contribution in [0.5, 0.6) is 0 Å². The monoisotopic (exact) mass is 247 g/mol. The molecule has 1 aromatic carbocycles. The molecule has 0 bridgehead atoms. The van der Waals surface area contributed by atoms with Crippen LogP contribution in [-0.4, -0.2) is 29.1 Å². The first-order chi connectivity index (χ1) is 8.37. The summed E-state index contributed by atoms with van der Waals surface area (Å²) in [6.07, 6.45) is 2.20. The fourth-order valence-corrected chi connectivity index (χ4v) is 2.35. The molecule has 1 fully saturated rings. The number of rotatable bonds is 4. The van der Waals surface area contributed by atoms with Crippen molar-refractivity contribution in [2.45, 2.75) is 45.2 Å². The van der Waals surface area contributed by atoms with Gasteiger partial charge in [-0.25, -0.2) is 4.79 Å². The number of hydrogen-bond acceptors (Lipinski definition) is 2. The average molecular weight is 247 g/mol. The maximum absolute atomic E-state index is 11.7. The maximum Gasteiger partial charge on any atom is 0.328 e. The normalized spacial score (nSPS) is 18.7. The topological polar surface area (TPSA) is 40.5 Å². The first-order valence-electron chi connectivity index (χ1n) is 6.41. The van der Waals surface area contributed by atoms with Crippen molar-refractivity contribution in [1.29, 1.82) is 0 Å². The minimum Gasteiger partial charge on any atom is -0.480 e. The van der Waals surface area contributed by atoms with Gasteiger partial charge in [-0.05, 0) is 57.4 Å². The molecule has 0 saturated heterocycles. The Morgan fingerprint density at radius 1 is 1.33 bits per heavy atom. The van der Waals surface area contributed by atoms with Gasteiger partial charge in [0.25, 0.3) is 0 Å². The molecule has 98 valence electrons. The van der Waals surface area contributed by atoms with Gasteiger partial charge in [0.05, 0.1) is 0 Å². The Hall–Kier alpha value is -1.35. The summed E-state index contributed by atoms with van der Waals surface area (Å²) in [7, 11) is 1.92. The van der Waals surface area contributed by atoms with E-state index in [0.717, 1.165) is 24.0 Å². The molecule has 0 aliphatic heterocycles. The Labute approximate surface area is 108 Å². The smallest absolute Gasteiger partial charge is 0.328 e. The standard InChI is InChI=1S/C15H21NO2/c1-10-5-6-12(9-11(10)2)15(3,14(17)18)16(4)13-7-8-13/h5-6,9,13H,7-8H2,1-4H3,(H,17,18). The molecule has 0 heterocycles. The third-order valence-corrected chi connectivity index (χ3v) is 4.29. The van der Waals surface area contributed by atoms with E-state index in [4.69, 9.17) is 0 Å². The quantitative estimate of drug-likeness (QED) is 0.889. The largest absolute Gasteiger partial charge is 0.480 e. The number of aliphatic carboxylic acids is 1. The Morgan fingerprint density at radius 2 is 1.94 bits per heavy atom. The number of nitrogens with zero attached hydrogens (tertiary/aromatic N) is 1. The lowest BCUT2D eigenvalue weighted by atomic mass is 9.88. The average Bonchev–Trinajstić information content (AvgIpc) is 3.14. The minimum atomic E-state index is -0.931. The molecule has 3 heteroatoms. The van der Waals surface area contributed by atoms with Gasteiger partial charge in [-0.3, -0.25) is 4.90 Å². The van der Waals surface area contributed by atoms with Crippen molar-refractivity contribution in [3.63, 3.8) is 0 Å². The summed E-state index contributed by atoms with van der Waals surface area (Å²) >= 11 is 0. The van der Waals surface area contributed by atoms with Crippen LogP contribution in [0, 0.1) is 13.8 Å². The number of likely N-dealkylation sites (N-methyl/N-ethyl adjacent to an activating group) is 1. The van der Waals surface area contributed by atoms with E-state index in [9.17, 15) is 9.90 Å².